The average molecular weight is 267 g/mol. The highest BCUT2D eigenvalue weighted by Gasteiger charge is 2.29. The van der Waals surface area contributed by atoms with E-state index in [2.05, 4.69) is 36.0 Å². The van der Waals surface area contributed by atoms with E-state index in [0.29, 0.717) is 6.04 Å². The zero-order valence-electron chi connectivity index (χ0n) is 13.2. The first-order valence-corrected chi connectivity index (χ1v) is 8.38. The summed E-state index contributed by atoms with van der Waals surface area (Å²) in [6.45, 7) is 9.70. The molecule has 1 N–H and O–H groups in total. The van der Waals surface area contributed by atoms with Gasteiger partial charge in [-0.1, -0.05) is 6.92 Å². The van der Waals surface area contributed by atoms with E-state index in [9.17, 15) is 0 Å². The highest BCUT2D eigenvalue weighted by molar-refractivity contribution is 4.86. The summed E-state index contributed by atoms with van der Waals surface area (Å²) in [5, 5.41) is 3.82. The number of hydrogen-bond donors (Lipinski definition) is 1. The van der Waals surface area contributed by atoms with E-state index in [-0.39, 0.29) is 0 Å². The van der Waals surface area contributed by atoms with Crippen molar-refractivity contribution in [2.24, 2.45) is 0 Å². The molecule has 1 aliphatic carbocycles. The van der Waals surface area contributed by atoms with E-state index in [4.69, 9.17) is 0 Å². The Hall–Kier alpha value is -0.120. The van der Waals surface area contributed by atoms with Gasteiger partial charge in [0, 0.05) is 24.7 Å². The fourth-order valence-corrected chi connectivity index (χ4v) is 3.22. The fraction of sp³-hybridized carbons (Fsp3) is 1.00. The number of nitrogens with one attached hydrogen (secondary N) is 1. The third-order valence-corrected chi connectivity index (χ3v) is 4.88. The lowest BCUT2D eigenvalue weighted by Crippen LogP contribution is -2.43. The summed E-state index contributed by atoms with van der Waals surface area (Å²) in [5.74, 6) is 0. The summed E-state index contributed by atoms with van der Waals surface area (Å²) in [5.41, 5.74) is 0. The van der Waals surface area contributed by atoms with Crippen LogP contribution in [-0.4, -0.2) is 61.2 Å². The van der Waals surface area contributed by atoms with Crippen LogP contribution in [0.5, 0.6) is 0 Å². The van der Waals surface area contributed by atoms with Gasteiger partial charge in [0.2, 0.25) is 0 Å². The zero-order valence-corrected chi connectivity index (χ0v) is 13.2. The largest absolute Gasteiger partial charge is 0.312 e. The van der Waals surface area contributed by atoms with Gasteiger partial charge in [-0.3, -0.25) is 4.90 Å². The summed E-state index contributed by atoms with van der Waals surface area (Å²) in [4.78, 5) is 5.20. The first-order chi connectivity index (χ1) is 9.20. The van der Waals surface area contributed by atoms with Crippen molar-refractivity contribution in [1.29, 1.82) is 0 Å². The lowest BCUT2D eigenvalue weighted by molar-refractivity contribution is 0.232. The van der Waals surface area contributed by atoms with Crippen LogP contribution >= 0.6 is 0 Å². The van der Waals surface area contributed by atoms with Crippen molar-refractivity contribution in [3.8, 4) is 0 Å². The molecular formula is C16H33N3. The van der Waals surface area contributed by atoms with Crippen molar-refractivity contribution >= 4 is 0 Å². The van der Waals surface area contributed by atoms with Gasteiger partial charge in [0.05, 0.1) is 0 Å². The maximum Gasteiger partial charge on any atom is 0.0192 e. The number of nitrogens with zero attached hydrogens (tertiary/aromatic N) is 2. The molecule has 0 aromatic heterocycles. The van der Waals surface area contributed by atoms with Gasteiger partial charge in [0.1, 0.15) is 0 Å². The van der Waals surface area contributed by atoms with Crippen LogP contribution in [0.15, 0.2) is 0 Å². The van der Waals surface area contributed by atoms with Crippen LogP contribution in [0, 0.1) is 0 Å². The minimum atomic E-state index is 0.683. The molecule has 1 heterocycles. The molecule has 0 aromatic carbocycles. The van der Waals surface area contributed by atoms with Gasteiger partial charge < -0.3 is 10.2 Å². The summed E-state index contributed by atoms with van der Waals surface area (Å²) >= 11 is 0. The molecule has 0 bridgehead atoms. The molecule has 0 aromatic rings. The molecule has 2 unspecified atom stereocenters. The summed E-state index contributed by atoms with van der Waals surface area (Å²) in [7, 11) is 2.29. The van der Waals surface area contributed by atoms with Crippen LogP contribution in [0.2, 0.25) is 0 Å². The summed E-state index contributed by atoms with van der Waals surface area (Å²) in [6.07, 6.45) is 8.18. The Morgan fingerprint density at radius 3 is 2.68 bits per heavy atom. The topological polar surface area (TPSA) is 18.5 Å². The normalized spacial score (nSPS) is 27.5. The zero-order chi connectivity index (χ0) is 13.7. The Balaban J connectivity index is 1.65. The van der Waals surface area contributed by atoms with Crippen LogP contribution in [0.3, 0.4) is 0 Å². The monoisotopic (exact) mass is 267 g/mol. The third-order valence-electron chi connectivity index (χ3n) is 4.88. The molecule has 19 heavy (non-hydrogen) atoms. The molecule has 1 aliphatic heterocycles. The van der Waals surface area contributed by atoms with Gasteiger partial charge in [-0.2, -0.15) is 0 Å². The Bertz CT molecular complexity index is 252. The summed E-state index contributed by atoms with van der Waals surface area (Å²) in [6, 6.07) is 2.31. The van der Waals surface area contributed by atoms with Gasteiger partial charge in [-0.25, -0.2) is 0 Å². The lowest BCUT2D eigenvalue weighted by atomic mass is 10.1. The number of rotatable bonds is 7. The molecule has 1 saturated carbocycles. The first-order valence-electron chi connectivity index (χ1n) is 8.38. The van der Waals surface area contributed by atoms with E-state index in [0.717, 1.165) is 18.6 Å². The third kappa shape index (κ3) is 5.05. The van der Waals surface area contributed by atoms with Crippen molar-refractivity contribution in [3.63, 3.8) is 0 Å². The highest BCUT2D eigenvalue weighted by atomic mass is 15.2. The van der Waals surface area contributed by atoms with E-state index >= 15 is 0 Å². The molecule has 0 spiro atoms. The molecule has 2 atom stereocenters. The van der Waals surface area contributed by atoms with Gasteiger partial charge in [-0.15, -0.1) is 0 Å². The van der Waals surface area contributed by atoms with E-state index < -0.39 is 0 Å². The molecule has 112 valence electrons. The molecule has 2 aliphatic rings. The molecule has 1 saturated heterocycles. The van der Waals surface area contributed by atoms with Crippen molar-refractivity contribution in [1.82, 2.24) is 15.1 Å². The van der Waals surface area contributed by atoms with Gasteiger partial charge >= 0.3 is 0 Å². The molecular weight excluding hydrogens is 234 g/mol. The quantitative estimate of drug-likeness (QED) is 0.764. The van der Waals surface area contributed by atoms with Crippen LogP contribution in [0.1, 0.15) is 52.4 Å². The number of likely N-dealkylation sites (tertiary alicyclic amines) is 1. The Kier molecular flexibility index (Phi) is 6.11. The molecule has 3 heteroatoms. The number of likely N-dealkylation sites (N-methyl/N-ethyl adjacent to an activating group) is 1. The van der Waals surface area contributed by atoms with Crippen LogP contribution in [0.25, 0.3) is 0 Å². The second kappa shape index (κ2) is 7.61. The Labute approximate surface area is 119 Å². The van der Waals surface area contributed by atoms with Crippen LogP contribution in [-0.2, 0) is 0 Å². The lowest BCUT2D eigenvalue weighted by Gasteiger charge is -2.27. The number of hydrogen-bond acceptors (Lipinski definition) is 3. The van der Waals surface area contributed by atoms with Gasteiger partial charge in [0.25, 0.3) is 0 Å². The molecule has 0 radical (unpaired) electrons. The SMILES string of the molecule is CCCN1CCCC(NCC(C)N(C)C2CC2)CC1. The van der Waals surface area contributed by atoms with Gasteiger partial charge in [0.15, 0.2) is 0 Å². The standard InChI is InChI=1S/C16H33N3/c1-4-10-19-11-5-6-15(9-12-19)17-13-14(2)18(3)16-7-8-16/h14-17H,4-13H2,1-3H3. The van der Waals surface area contributed by atoms with E-state index in [1.54, 1.807) is 0 Å². The average Bonchev–Trinajstić information content (AvgIpc) is 3.23. The molecule has 2 fully saturated rings. The minimum Gasteiger partial charge on any atom is -0.312 e. The Morgan fingerprint density at radius 2 is 2.00 bits per heavy atom. The van der Waals surface area contributed by atoms with Crippen LogP contribution < -0.4 is 5.32 Å². The minimum absolute atomic E-state index is 0.683. The van der Waals surface area contributed by atoms with Crippen LogP contribution in [0.4, 0.5) is 0 Å². The second-order valence-corrected chi connectivity index (χ2v) is 6.62. The van der Waals surface area contributed by atoms with Crippen molar-refractivity contribution < 1.29 is 0 Å². The fourth-order valence-electron chi connectivity index (χ4n) is 3.22. The van der Waals surface area contributed by atoms with E-state index in [1.165, 1.54) is 58.2 Å². The molecule has 2 rings (SSSR count). The predicted molar refractivity (Wildman–Crippen MR) is 82.6 cm³/mol. The van der Waals surface area contributed by atoms with E-state index in [1.807, 2.05) is 0 Å². The summed E-state index contributed by atoms with van der Waals surface area (Å²) < 4.78 is 0. The first kappa shape index (κ1) is 15.3. The maximum atomic E-state index is 3.82. The van der Waals surface area contributed by atoms with Crippen molar-refractivity contribution in [2.45, 2.75) is 70.5 Å². The predicted octanol–water partition coefficient (Wildman–Crippen LogP) is 2.32. The molecule has 3 nitrogen and oxygen atoms in total. The molecule has 0 amide bonds. The van der Waals surface area contributed by atoms with Crippen molar-refractivity contribution in [3.05, 3.63) is 0 Å². The maximum absolute atomic E-state index is 3.82. The highest BCUT2D eigenvalue weighted by Crippen LogP contribution is 2.26. The second-order valence-electron chi connectivity index (χ2n) is 6.62. The van der Waals surface area contributed by atoms with Crippen molar-refractivity contribution in [2.75, 3.05) is 33.2 Å². The Morgan fingerprint density at radius 1 is 1.21 bits per heavy atom. The van der Waals surface area contributed by atoms with Gasteiger partial charge in [-0.05, 0) is 72.1 Å². The smallest absolute Gasteiger partial charge is 0.0192 e.